The molecule has 1 aromatic heterocycles. The highest BCUT2D eigenvalue weighted by Gasteiger charge is 2.33. The van der Waals surface area contributed by atoms with Crippen molar-refractivity contribution in [2.75, 3.05) is 13.1 Å². The molecule has 162 valence electrons. The lowest BCUT2D eigenvalue weighted by atomic mass is 9.97. The van der Waals surface area contributed by atoms with Crippen LogP contribution in [-0.2, 0) is 17.1 Å². The molecule has 2 heterocycles. The monoisotopic (exact) mass is 443 g/mol. The summed E-state index contributed by atoms with van der Waals surface area (Å²) >= 11 is 0. The molecule has 4 rings (SSSR count). The molecule has 31 heavy (non-hydrogen) atoms. The minimum atomic E-state index is -3.76. The van der Waals surface area contributed by atoms with Gasteiger partial charge in [-0.3, -0.25) is 10.1 Å². The number of sulfonamides is 1. The number of non-ortho nitro benzene ring substituents is 1. The molecule has 0 N–H and O–H groups in total. The number of aryl methyl sites for hydroxylation is 1. The summed E-state index contributed by atoms with van der Waals surface area (Å²) in [5.41, 5.74) is 0.311. The van der Waals surface area contributed by atoms with E-state index in [-0.39, 0.29) is 35.3 Å². The predicted octanol–water partition coefficient (Wildman–Crippen LogP) is 2.05. The first-order valence-corrected chi connectivity index (χ1v) is 11.2. The second kappa shape index (κ2) is 8.08. The Morgan fingerprint density at radius 3 is 2.23 bits per heavy atom. The fraction of sp³-hybridized carbons (Fsp3) is 0.300. The standard InChI is InChI=1S/C20H21N5O5S/c1-22-20(26)24(16-5-3-2-4-6-16)19(21-22)15-11-13-23(14-12-15)31(29,30)18-9-7-17(8-10-18)25(27)28/h2-10,15H,11-14H2,1H3. The number of benzene rings is 2. The van der Waals surface area contributed by atoms with Crippen LogP contribution in [0.4, 0.5) is 5.69 Å². The van der Waals surface area contributed by atoms with Crippen LogP contribution in [0.25, 0.3) is 5.69 Å². The van der Waals surface area contributed by atoms with Gasteiger partial charge in [0.1, 0.15) is 5.82 Å². The van der Waals surface area contributed by atoms with E-state index in [1.165, 1.54) is 33.3 Å². The van der Waals surface area contributed by atoms with E-state index in [1.54, 1.807) is 11.6 Å². The highest BCUT2D eigenvalue weighted by molar-refractivity contribution is 7.89. The van der Waals surface area contributed by atoms with Crippen LogP contribution in [0, 0.1) is 10.1 Å². The van der Waals surface area contributed by atoms with Crippen LogP contribution in [-0.4, -0.2) is 45.1 Å². The van der Waals surface area contributed by atoms with E-state index in [0.717, 1.165) is 5.69 Å². The number of hydrogen-bond acceptors (Lipinski definition) is 6. The van der Waals surface area contributed by atoms with E-state index in [0.29, 0.717) is 18.7 Å². The summed E-state index contributed by atoms with van der Waals surface area (Å²) < 4.78 is 30.1. The maximum atomic E-state index is 12.9. The van der Waals surface area contributed by atoms with Crippen molar-refractivity contribution in [3.63, 3.8) is 0 Å². The van der Waals surface area contributed by atoms with Crippen molar-refractivity contribution in [1.82, 2.24) is 18.7 Å². The quantitative estimate of drug-likeness (QED) is 0.440. The van der Waals surface area contributed by atoms with Gasteiger partial charge in [0.05, 0.1) is 15.5 Å². The van der Waals surface area contributed by atoms with Crippen LogP contribution in [0.5, 0.6) is 0 Å². The average molecular weight is 443 g/mol. The van der Waals surface area contributed by atoms with Crippen molar-refractivity contribution < 1.29 is 13.3 Å². The molecule has 10 nitrogen and oxygen atoms in total. The maximum Gasteiger partial charge on any atom is 0.350 e. The number of piperidine rings is 1. The van der Waals surface area contributed by atoms with Crippen LogP contribution in [0.3, 0.4) is 0 Å². The first-order chi connectivity index (χ1) is 14.8. The second-order valence-electron chi connectivity index (χ2n) is 7.36. The number of para-hydroxylation sites is 1. The van der Waals surface area contributed by atoms with Gasteiger partial charge in [0.15, 0.2) is 0 Å². The molecule has 11 heteroatoms. The fourth-order valence-electron chi connectivity index (χ4n) is 3.81. The van der Waals surface area contributed by atoms with Gasteiger partial charge < -0.3 is 0 Å². The fourth-order valence-corrected chi connectivity index (χ4v) is 5.28. The third-order valence-corrected chi connectivity index (χ3v) is 7.38. The topological polar surface area (TPSA) is 120 Å². The van der Waals surface area contributed by atoms with Gasteiger partial charge in [-0.05, 0) is 37.1 Å². The third kappa shape index (κ3) is 3.89. The van der Waals surface area contributed by atoms with E-state index < -0.39 is 14.9 Å². The highest BCUT2D eigenvalue weighted by Crippen LogP contribution is 2.30. The minimum Gasteiger partial charge on any atom is -0.258 e. The molecule has 1 saturated heterocycles. The van der Waals surface area contributed by atoms with Crippen LogP contribution >= 0.6 is 0 Å². The molecular weight excluding hydrogens is 422 g/mol. The predicted molar refractivity (Wildman–Crippen MR) is 113 cm³/mol. The van der Waals surface area contributed by atoms with Crippen LogP contribution < -0.4 is 5.69 Å². The Morgan fingerprint density at radius 2 is 1.65 bits per heavy atom. The van der Waals surface area contributed by atoms with E-state index >= 15 is 0 Å². The Hall–Kier alpha value is -3.31. The summed E-state index contributed by atoms with van der Waals surface area (Å²) in [5, 5.41) is 15.2. The maximum absolute atomic E-state index is 12.9. The summed E-state index contributed by atoms with van der Waals surface area (Å²) in [6.07, 6.45) is 1.02. The van der Waals surface area contributed by atoms with Crippen molar-refractivity contribution in [2.45, 2.75) is 23.7 Å². The number of nitro groups is 1. The third-order valence-electron chi connectivity index (χ3n) is 5.47. The van der Waals surface area contributed by atoms with Crippen molar-refractivity contribution in [2.24, 2.45) is 7.05 Å². The van der Waals surface area contributed by atoms with E-state index in [9.17, 15) is 23.3 Å². The van der Waals surface area contributed by atoms with Crippen molar-refractivity contribution in [3.8, 4) is 5.69 Å². The number of rotatable bonds is 5. The number of aromatic nitrogens is 3. The summed E-state index contributed by atoms with van der Waals surface area (Å²) in [6, 6.07) is 14.1. The molecule has 3 aromatic rings. The van der Waals surface area contributed by atoms with Crippen LogP contribution in [0.1, 0.15) is 24.6 Å². The van der Waals surface area contributed by atoms with Crippen molar-refractivity contribution in [3.05, 3.63) is 81.0 Å². The zero-order valence-corrected chi connectivity index (χ0v) is 17.6. The van der Waals surface area contributed by atoms with Gasteiger partial charge >= 0.3 is 5.69 Å². The Kier molecular flexibility index (Phi) is 5.46. The van der Waals surface area contributed by atoms with Crippen LogP contribution in [0.15, 0.2) is 64.3 Å². The van der Waals surface area contributed by atoms with E-state index in [1.807, 2.05) is 30.3 Å². The summed E-state index contributed by atoms with van der Waals surface area (Å²) in [5.74, 6) is 0.545. The average Bonchev–Trinajstić information content (AvgIpc) is 3.09. The molecular formula is C20H21N5O5S. The minimum absolute atomic E-state index is 0.0237. The number of hydrogen-bond donors (Lipinski definition) is 0. The SMILES string of the molecule is Cn1nc(C2CCN(S(=O)(=O)c3ccc([N+](=O)[O-])cc3)CC2)n(-c2ccccc2)c1=O. The van der Waals surface area contributed by atoms with Gasteiger partial charge in [-0.15, -0.1) is 0 Å². The van der Waals surface area contributed by atoms with Crippen molar-refractivity contribution in [1.29, 1.82) is 0 Å². The molecule has 0 aliphatic carbocycles. The summed E-state index contributed by atoms with van der Waals surface area (Å²) in [4.78, 5) is 22.9. The Morgan fingerprint density at radius 1 is 1.03 bits per heavy atom. The number of nitrogens with zero attached hydrogens (tertiary/aromatic N) is 5. The van der Waals surface area contributed by atoms with Gasteiger partial charge in [0.25, 0.3) is 5.69 Å². The van der Waals surface area contributed by atoms with E-state index in [2.05, 4.69) is 5.10 Å². The largest absolute Gasteiger partial charge is 0.350 e. The molecule has 1 aliphatic heterocycles. The van der Waals surface area contributed by atoms with Crippen LogP contribution in [0.2, 0.25) is 0 Å². The molecule has 0 bridgehead atoms. The highest BCUT2D eigenvalue weighted by atomic mass is 32.2. The molecule has 0 saturated carbocycles. The van der Waals surface area contributed by atoms with Crippen molar-refractivity contribution >= 4 is 15.7 Å². The Bertz CT molecular complexity index is 1260. The van der Waals surface area contributed by atoms with E-state index in [4.69, 9.17) is 0 Å². The molecule has 1 fully saturated rings. The first kappa shape index (κ1) is 20.9. The summed E-state index contributed by atoms with van der Waals surface area (Å²) in [6.45, 7) is 0.535. The lowest BCUT2D eigenvalue weighted by Gasteiger charge is -2.30. The first-order valence-electron chi connectivity index (χ1n) is 9.75. The molecule has 0 atom stereocenters. The van der Waals surface area contributed by atoms with Gasteiger partial charge in [-0.1, -0.05) is 18.2 Å². The smallest absolute Gasteiger partial charge is 0.258 e. The lowest BCUT2D eigenvalue weighted by Crippen LogP contribution is -2.38. The second-order valence-corrected chi connectivity index (χ2v) is 9.30. The lowest BCUT2D eigenvalue weighted by molar-refractivity contribution is -0.384. The van der Waals surface area contributed by atoms with Gasteiger partial charge in [0.2, 0.25) is 10.0 Å². The molecule has 0 spiro atoms. The van der Waals surface area contributed by atoms with Gasteiger partial charge in [0, 0.05) is 38.2 Å². The molecule has 2 aromatic carbocycles. The Balaban J connectivity index is 1.55. The molecule has 0 amide bonds. The number of nitro benzene ring substituents is 1. The molecule has 1 aliphatic rings. The zero-order valence-electron chi connectivity index (χ0n) is 16.8. The molecule has 0 radical (unpaired) electrons. The molecule has 0 unspecified atom stereocenters. The van der Waals surface area contributed by atoms with Gasteiger partial charge in [-0.25, -0.2) is 22.5 Å². The Labute approximate surface area is 178 Å². The zero-order chi connectivity index (χ0) is 22.2. The van der Waals surface area contributed by atoms with Gasteiger partial charge in [-0.2, -0.15) is 9.40 Å². The normalized spacial score (nSPS) is 15.8. The summed E-state index contributed by atoms with van der Waals surface area (Å²) in [7, 11) is -2.16.